The molecule has 5 rings (SSSR count). The molecule has 2 atom stereocenters. The lowest BCUT2D eigenvalue weighted by molar-refractivity contribution is 0.0600. The number of nitrogens with one attached hydrogen (secondary N) is 1. The molecule has 1 fully saturated rings. The molecular formula is C28H26N4O4S. The second-order valence-corrected chi connectivity index (χ2v) is 8.76. The van der Waals surface area contributed by atoms with Crippen LogP contribution in [0.25, 0.3) is 5.69 Å². The van der Waals surface area contributed by atoms with Crippen molar-refractivity contribution in [1.82, 2.24) is 14.9 Å². The third-order valence-corrected chi connectivity index (χ3v) is 6.71. The summed E-state index contributed by atoms with van der Waals surface area (Å²) in [6.45, 7) is 0. The number of ether oxygens (including phenoxy) is 3. The van der Waals surface area contributed by atoms with Crippen molar-refractivity contribution in [2.24, 2.45) is 0 Å². The maximum atomic E-state index is 11.9. The van der Waals surface area contributed by atoms with Gasteiger partial charge in [-0.15, -0.1) is 0 Å². The average molecular weight is 515 g/mol. The summed E-state index contributed by atoms with van der Waals surface area (Å²) in [4.78, 5) is 18.6. The molecule has 9 heteroatoms. The number of pyridine rings is 1. The van der Waals surface area contributed by atoms with E-state index in [1.807, 2.05) is 65.7 Å². The first-order valence-corrected chi connectivity index (χ1v) is 12.0. The first-order chi connectivity index (χ1) is 18.0. The summed E-state index contributed by atoms with van der Waals surface area (Å²) in [5.74, 6) is 0.973. The van der Waals surface area contributed by atoms with Crippen molar-refractivity contribution in [2.75, 3.05) is 26.2 Å². The molecule has 8 nitrogen and oxygen atoms in total. The Hall–Kier alpha value is -4.37. The number of nitrogens with zero attached hydrogens (tertiary/aromatic N) is 3. The summed E-state index contributed by atoms with van der Waals surface area (Å²) in [5.41, 5.74) is 3.98. The van der Waals surface area contributed by atoms with Crippen LogP contribution in [0.5, 0.6) is 11.5 Å². The van der Waals surface area contributed by atoms with Gasteiger partial charge in [0.15, 0.2) is 5.11 Å². The molecule has 188 valence electrons. The molecule has 0 amide bonds. The molecule has 0 spiro atoms. The number of hydrogen-bond acceptors (Lipinski definition) is 6. The molecule has 3 heterocycles. The molecule has 1 N–H and O–H groups in total. The van der Waals surface area contributed by atoms with Crippen LogP contribution in [0.4, 0.5) is 5.69 Å². The molecule has 1 saturated heterocycles. The standard InChI is InChI=1S/C28H26N4O4S/c1-34-20-13-14-24(35-2)23(17-20)32-26(25(30-28(32)37)21-7-4-5-15-29-21)22-8-6-16-31(22)19-11-9-18(10-12-19)27(33)36-3/h4-17,25-26H,1-3H3,(H,30,37)/t25-,26+/m0/s1. The van der Waals surface area contributed by atoms with Crippen molar-refractivity contribution in [3.63, 3.8) is 0 Å². The molecule has 0 bridgehead atoms. The molecular weight excluding hydrogens is 488 g/mol. The van der Waals surface area contributed by atoms with Crippen LogP contribution in [0.1, 0.15) is 33.8 Å². The Balaban J connectivity index is 1.66. The van der Waals surface area contributed by atoms with Gasteiger partial charge in [-0.2, -0.15) is 0 Å². The lowest BCUT2D eigenvalue weighted by Crippen LogP contribution is -2.30. The summed E-state index contributed by atoms with van der Waals surface area (Å²) in [6.07, 6.45) is 3.76. The van der Waals surface area contributed by atoms with E-state index in [2.05, 4.69) is 20.9 Å². The quantitative estimate of drug-likeness (QED) is 0.277. The zero-order valence-electron chi connectivity index (χ0n) is 20.6. The predicted molar refractivity (Wildman–Crippen MR) is 145 cm³/mol. The third kappa shape index (κ3) is 4.49. The minimum absolute atomic E-state index is 0.243. The van der Waals surface area contributed by atoms with E-state index >= 15 is 0 Å². The number of methoxy groups -OCH3 is 3. The van der Waals surface area contributed by atoms with Gasteiger partial charge in [-0.25, -0.2) is 4.79 Å². The first-order valence-electron chi connectivity index (χ1n) is 11.6. The number of rotatable bonds is 7. The second-order valence-electron chi connectivity index (χ2n) is 8.38. The van der Waals surface area contributed by atoms with E-state index in [4.69, 9.17) is 26.4 Å². The SMILES string of the molecule is COC(=O)c1ccc(-n2cccc2[C@@H]2[C@H](c3ccccn3)NC(=S)N2c2cc(OC)ccc2OC)cc1. The number of benzene rings is 2. The monoisotopic (exact) mass is 514 g/mol. The lowest BCUT2D eigenvalue weighted by Gasteiger charge is -2.30. The highest BCUT2D eigenvalue weighted by Gasteiger charge is 2.43. The van der Waals surface area contributed by atoms with Crippen molar-refractivity contribution < 1.29 is 19.0 Å². The van der Waals surface area contributed by atoms with Crippen LogP contribution in [0.3, 0.4) is 0 Å². The fraction of sp³-hybridized carbons (Fsp3) is 0.179. The molecule has 0 unspecified atom stereocenters. The van der Waals surface area contributed by atoms with Crippen molar-refractivity contribution in [3.05, 3.63) is 102 Å². The molecule has 4 aromatic rings. The maximum absolute atomic E-state index is 11.9. The zero-order chi connectivity index (χ0) is 25.9. The number of anilines is 1. The van der Waals surface area contributed by atoms with Gasteiger partial charge in [0.05, 0.1) is 44.3 Å². The van der Waals surface area contributed by atoms with Gasteiger partial charge >= 0.3 is 5.97 Å². The second kappa shape index (κ2) is 10.3. The van der Waals surface area contributed by atoms with Gasteiger partial charge in [-0.1, -0.05) is 6.07 Å². The van der Waals surface area contributed by atoms with Gasteiger partial charge in [0.25, 0.3) is 0 Å². The van der Waals surface area contributed by atoms with Gasteiger partial charge in [-0.05, 0) is 72.9 Å². The van der Waals surface area contributed by atoms with E-state index in [0.717, 1.165) is 22.8 Å². The van der Waals surface area contributed by atoms with E-state index < -0.39 is 0 Å². The van der Waals surface area contributed by atoms with Gasteiger partial charge in [0.2, 0.25) is 0 Å². The van der Waals surface area contributed by atoms with E-state index in [-0.39, 0.29) is 18.1 Å². The topological polar surface area (TPSA) is 77.9 Å². The highest BCUT2D eigenvalue weighted by atomic mass is 32.1. The van der Waals surface area contributed by atoms with Crippen LogP contribution in [0.15, 0.2) is 85.2 Å². The van der Waals surface area contributed by atoms with E-state index in [0.29, 0.717) is 22.2 Å². The van der Waals surface area contributed by atoms with Crippen LogP contribution < -0.4 is 19.7 Å². The van der Waals surface area contributed by atoms with E-state index in [1.54, 1.807) is 32.5 Å². The summed E-state index contributed by atoms with van der Waals surface area (Å²) < 4.78 is 18.2. The molecule has 0 radical (unpaired) electrons. The minimum Gasteiger partial charge on any atom is -0.497 e. The zero-order valence-corrected chi connectivity index (χ0v) is 21.4. The Morgan fingerprint density at radius 2 is 1.78 bits per heavy atom. The fourth-order valence-corrected chi connectivity index (χ4v) is 4.98. The normalized spacial score (nSPS) is 16.8. The number of carbonyl (C=O) groups excluding carboxylic acids is 1. The number of esters is 1. The molecule has 1 aliphatic heterocycles. The van der Waals surface area contributed by atoms with E-state index in [1.165, 1.54) is 7.11 Å². The Morgan fingerprint density at radius 3 is 2.46 bits per heavy atom. The molecule has 0 aliphatic carbocycles. The smallest absolute Gasteiger partial charge is 0.337 e. The Kier molecular flexibility index (Phi) is 6.78. The van der Waals surface area contributed by atoms with Gasteiger partial charge in [-0.3, -0.25) is 4.98 Å². The lowest BCUT2D eigenvalue weighted by atomic mass is 10.0. The summed E-state index contributed by atoms with van der Waals surface area (Å²) in [5, 5.41) is 4.02. The summed E-state index contributed by atoms with van der Waals surface area (Å²) in [6, 6.07) is 22.3. The minimum atomic E-state index is -0.379. The molecule has 2 aromatic heterocycles. The first kappa shape index (κ1) is 24.3. The molecule has 0 saturated carbocycles. The van der Waals surface area contributed by atoms with Crippen molar-refractivity contribution in [1.29, 1.82) is 0 Å². The largest absolute Gasteiger partial charge is 0.497 e. The maximum Gasteiger partial charge on any atom is 0.337 e. The Morgan fingerprint density at radius 1 is 0.973 bits per heavy atom. The number of carbonyl (C=O) groups is 1. The van der Waals surface area contributed by atoms with Gasteiger partial charge in [0.1, 0.15) is 17.5 Å². The van der Waals surface area contributed by atoms with Crippen molar-refractivity contribution in [2.45, 2.75) is 12.1 Å². The Labute approximate surface area is 220 Å². The van der Waals surface area contributed by atoms with Crippen LogP contribution in [-0.4, -0.2) is 42.0 Å². The molecule has 2 aromatic carbocycles. The third-order valence-electron chi connectivity index (χ3n) is 6.39. The van der Waals surface area contributed by atoms with Crippen molar-refractivity contribution >= 4 is 29.0 Å². The van der Waals surface area contributed by atoms with Crippen LogP contribution in [0, 0.1) is 0 Å². The molecule has 37 heavy (non-hydrogen) atoms. The summed E-state index contributed by atoms with van der Waals surface area (Å²) in [7, 11) is 4.63. The number of aromatic nitrogens is 2. The van der Waals surface area contributed by atoms with Crippen LogP contribution in [0.2, 0.25) is 0 Å². The average Bonchev–Trinajstić information content (AvgIpc) is 3.57. The molecule has 1 aliphatic rings. The van der Waals surface area contributed by atoms with Crippen LogP contribution in [-0.2, 0) is 4.74 Å². The van der Waals surface area contributed by atoms with E-state index in [9.17, 15) is 4.79 Å². The number of hydrogen-bond donors (Lipinski definition) is 1. The van der Waals surface area contributed by atoms with Crippen LogP contribution >= 0.6 is 12.2 Å². The van der Waals surface area contributed by atoms with Gasteiger partial charge in [0, 0.05) is 29.8 Å². The van der Waals surface area contributed by atoms with Gasteiger partial charge < -0.3 is 29.0 Å². The van der Waals surface area contributed by atoms with Crippen molar-refractivity contribution in [3.8, 4) is 17.2 Å². The summed E-state index contributed by atoms with van der Waals surface area (Å²) >= 11 is 5.89. The number of thiocarbonyl (C=S) groups is 1. The highest BCUT2D eigenvalue weighted by Crippen LogP contribution is 2.46. The highest BCUT2D eigenvalue weighted by molar-refractivity contribution is 7.80. The Bertz CT molecular complexity index is 1420. The predicted octanol–water partition coefficient (Wildman–Crippen LogP) is 4.85. The fourth-order valence-electron chi connectivity index (χ4n) is 4.65.